The number of carboxylic acid groups (broad SMARTS) is 1. The van der Waals surface area contributed by atoms with Gasteiger partial charge in [-0.2, -0.15) is 0 Å². The zero-order chi connectivity index (χ0) is 11.6. The standard InChI is InChI=1S/C10H12BrNO3/c1-5-3-4-6(15-2)7(8(5)11)9(12)10(13)14/h3-4,9H,12H2,1-2H3,(H,13,14). The van der Waals surface area contributed by atoms with E-state index in [9.17, 15) is 4.79 Å². The third-order valence-electron chi connectivity index (χ3n) is 2.13. The zero-order valence-electron chi connectivity index (χ0n) is 8.45. The van der Waals surface area contributed by atoms with Gasteiger partial charge in [0.2, 0.25) is 0 Å². The molecule has 0 aliphatic carbocycles. The molecule has 0 aliphatic rings. The second-order valence-corrected chi connectivity index (χ2v) is 3.92. The second kappa shape index (κ2) is 4.63. The van der Waals surface area contributed by atoms with Gasteiger partial charge in [-0.3, -0.25) is 4.79 Å². The van der Waals surface area contributed by atoms with Crippen LogP contribution in [0, 0.1) is 6.92 Å². The number of rotatable bonds is 3. The van der Waals surface area contributed by atoms with Crippen LogP contribution in [0.15, 0.2) is 16.6 Å². The maximum absolute atomic E-state index is 10.8. The fourth-order valence-electron chi connectivity index (χ4n) is 1.28. The van der Waals surface area contributed by atoms with E-state index in [1.165, 1.54) is 7.11 Å². The Labute approximate surface area is 96.2 Å². The topological polar surface area (TPSA) is 72.5 Å². The number of aryl methyl sites for hydroxylation is 1. The van der Waals surface area contributed by atoms with Gasteiger partial charge in [0.25, 0.3) is 0 Å². The lowest BCUT2D eigenvalue weighted by Crippen LogP contribution is -2.22. The molecule has 1 rings (SSSR count). The summed E-state index contributed by atoms with van der Waals surface area (Å²) < 4.78 is 5.76. The first-order valence-electron chi connectivity index (χ1n) is 4.30. The van der Waals surface area contributed by atoms with Crippen LogP contribution in [0.25, 0.3) is 0 Å². The molecule has 1 atom stereocenters. The minimum Gasteiger partial charge on any atom is -0.496 e. The van der Waals surface area contributed by atoms with E-state index in [0.717, 1.165) is 5.56 Å². The first kappa shape index (κ1) is 12.0. The number of aliphatic carboxylic acids is 1. The van der Waals surface area contributed by atoms with Gasteiger partial charge in [0.15, 0.2) is 0 Å². The molecule has 0 aromatic heterocycles. The summed E-state index contributed by atoms with van der Waals surface area (Å²) in [6, 6.07) is 2.45. The number of nitrogens with two attached hydrogens (primary N) is 1. The average Bonchev–Trinajstić information content (AvgIpc) is 2.20. The van der Waals surface area contributed by atoms with Gasteiger partial charge in [-0.15, -0.1) is 0 Å². The molecule has 0 saturated carbocycles. The monoisotopic (exact) mass is 273 g/mol. The summed E-state index contributed by atoms with van der Waals surface area (Å²) in [7, 11) is 1.48. The minimum absolute atomic E-state index is 0.463. The van der Waals surface area contributed by atoms with Gasteiger partial charge in [0.1, 0.15) is 11.8 Å². The molecule has 0 saturated heterocycles. The number of benzene rings is 1. The van der Waals surface area contributed by atoms with Gasteiger partial charge in [0.05, 0.1) is 7.11 Å². The second-order valence-electron chi connectivity index (χ2n) is 3.13. The highest BCUT2D eigenvalue weighted by Crippen LogP contribution is 2.33. The third-order valence-corrected chi connectivity index (χ3v) is 3.18. The Balaban J connectivity index is 3.35. The third kappa shape index (κ3) is 2.30. The van der Waals surface area contributed by atoms with Crippen molar-refractivity contribution in [2.45, 2.75) is 13.0 Å². The number of hydrogen-bond donors (Lipinski definition) is 2. The molecule has 0 fully saturated rings. The van der Waals surface area contributed by atoms with Crippen molar-refractivity contribution in [1.29, 1.82) is 0 Å². The van der Waals surface area contributed by atoms with Gasteiger partial charge in [-0.1, -0.05) is 22.0 Å². The number of hydrogen-bond acceptors (Lipinski definition) is 3. The molecule has 1 unspecified atom stereocenters. The highest BCUT2D eigenvalue weighted by Gasteiger charge is 2.22. The molecule has 0 bridgehead atoms. The molecule has 15 heavy (non-hydrogen) atoms. The number of ether oxygens (including phenoxy) is 1. The minimum atomic E-state index is -1.09. The molecular formula is C10H12BrNO3. The smallest absolute Gasteiger partial charge is 0.325 e. The Morgan fingerprint density at radius 2 is 2.20 bits per heavy atom. The summed E-state index contributed by atoms with van der Waals surface area (Å²) in [6.45, 7) is 1.86. The Hall–Kier alpha value is -1.07. The molecular weight excluding hydrogens is 262 g/mol. The van der Waals surface area contributed by atoms with Gasteiger partial charge in [-0.05, 0) is 18.6 Å². The van der Waals surface area contributed by atoms with Crippen LogP contribution in [-0.4, -0.2) is 18.2 Å². The van der Waals surface area contributed by atoms with E-state index < -0.39 is 12.0 Å². The lowest BCUT2D eigenvalue weighted by molar-refractivity contribution is -0.138. The summed E-state index contributed by atoms with van der Waals surface area (Å²) in [5, 5.41) is 8.87. The van der Waals surface area contributed by atoms with Gasteiger partial charge in [0, 0.05) is 10.0 Å². The Morgan fingerprint density at radius 1 is 1.60 bits per heavy atom. The van der Waals surface area contributed by atoms with E-state index in [-0.39, 0.29) is 0 Å². The molecule has 1 aromatic carbocycles. The van der Waals surface area contributed by atoms with Crippen LogP contribution < -0.4 is 10.5 Å². The maximum Gasteiger partial charge on any atom is 0.325 e. The average molecular weight is 274 g/mol. The molecule has 4 nitrogen and oxygen atoms in total. The van der Waals surface area contributed by atoms with Crippen molar-refractivity contribution in [3.63, 3.8) is 0 Å². The van der Waals surface area contributed by atoms with Crippen molar-refractivity contribution in [2.75, 3.05) is 7.11 Å². The van der Waals surface area contributed by atoms with E-state index in [0.29, 0.717) is 15.8 Å². The quantitative estimate of drug-likeness (QED) is 0.882. The fraction of sp³-hybridized carbons (Fsp3) is 0.300. The van der Waals surface area contributed by atoms with Gasteiger partial charge in [-0.25, -0.2) is 0 Å². The van der Waals surface area contributed by atoms with Gasteiger partial charge < -0.3 is 15.6 Å². The Kier molecular flexibility index (Phi) is 3.71. The Bertz CT molecular complexity index is 392. The first-order valence-corrected chi connectivity index (χ1v) is 5.09. The first-order chi connectivity index (χ1) is 6.99. The number of methoxy groups -OCH3 is 1. The van der Waals surface area contributed by atoms with Crippen LogP contribution in [0.4, 0.5) is 0 Å². The van der Waals surface area contributed by atoms with Crippen molar-refractivity contribution < 1.29 is 14.6 Å². The lowest BCUT2D eigenvalue weighted by atomic mass is 10.0. The van der Waals surface area contributed by atoms with E-state index in [4.69, 9.17) is 15.6 Å². The maximum atomic E-state index is 10.8. The van der Waals surface area contributed by atoms with Crippen LogP contribution in [0.2, 0.25) is 0 Å². The number of carboxylic acids is 1. The van der Waals surface area contributed by atoms with Crippen LogP contribution in [0.3, 0.4) is 0 Å². The molecule has 0 heterocycles. The van der Waals surface area contributed by atoms with Crippen LogP contribution in [0.5, 0.6) is 5.75 Å². The van der Waals surface area contributed by atoms with Crippen molar-refractivity contribution in [2.24, 2.45) is 5.73 Å². The highest BCUT2D eigenvalue weighted by atomic mass is 79.9. The molecule has 1 aromatic rings. The molecule has 0 amide bonds. The van der Waals surface area contributed by atoms with Crippen LogP contribution >= 0.6 is 15.9 Å². The summed E-state index contributed by atoms with van der Waals surface area (Å²) in [4.78, 5) is 10.8. The molecule has 82 valence electrons. The van der Waals surface area contributed by atoms with Crippen molar-refractivity contribution in [1.82, 2.24) is 0 Å². The van der Waals surface area contributed by atoms with Crippen molar-refractivity contribution in [3.05, 3.63) is 27.7 Å². The highest BCUT2D eigenvalue weighted by molar-refractivity contribution is 9.10. The molecule has 5 heteroatoms. The summed E-state index contributed by atoms with van der Waals surface area (Å²) in [6.07, 6.45) is 0. The predicted molar refractivity (Wildman–Crippen MR) is 60.0 cm³/mol. The molecule has 3 N–H and O–H groups in total. The summed E-state index contributed by atoms with van der Waals surface area (Å²) in [5.74, 6) is -0.609. The van der Waals surface area contributed by atoms with Crippen molar-refractivity contribution in [3.8, 4) is 5.75 Å². The van der Waals surface area contributed by atoms with Crippen LogP contribution in [0.1, 0.15) is 17.2 Å². The number of halogens is 1. The lowest BCUT2D eigenvalue weighted by Gasteiger charge is -2.15. The summed E-state index contributed by atoms with van der Waals surface area (Å²) >= 11 is 3.32. The van der Waals surface area contributed by atoms with Crippen LogP contribution in [-0.2, 0) is 4.79 Å². The summed E-state index contributed by atoms with van der Waals surface area (Å²) in [5.41, 5.74) is 6.96. The zero-order valence-corrected chi connectivity index (χ0v) is 10.0. The predicted octanol–water partition coefficient (Wildman–Crippen LogP) is 1.85. The molecule has 0 aliphatic heterocycles. The van der Waals surface area contributed by atoms with E-state index in [2.05, 4.69) is 15.9 Å². The SMILES string of the molecule is COc1ccc(C)c(Br)c1C(N)C(=O)O. The van der Waals surface area contributed by atoms with E-state index >= 15 is 0 Å². The van der Waals surface area contributed by atoms with E-state index in [1.807, 2.05) is 13.0 Å². The normalized spacial score (nSPS) is 12.3. The largest absolute Gasteiger partial charge is 0.496 e. The molecule has 0 spiro atoms. The number of carbonyl (C=O) groups is 1. The van der Waals surface area contributed by atoms with Gasteiger partial charge >= 0.3 is 5.97 Å². The molecule has 0 radical (unpaired) electrons. The van der Waals surface area contributed by atoms with Crippen molar-refractivity contribution >= 4 is 21.9 Å². The Morgan fingerprint density at radius 3 is 2.67 bits per heavy atom. The van der Waals surface area contributed by atoms with E-state index in [1.54, 1.807) is 6.07 Å². The fourth-order valence-corrected chi connectivity index (χ4v) is 1.85.